The van der Waals surface area contributed by atoms with E-state index in [1.165, 1.54) is 0 Å². The molecule has 0 bridgehead atoms. The van der Waals surface area contributed by atoms with E-state index in [1.807, 2.05) is 56.3 Å². The lowest BCUT2D eigenvalue weighted by atomic mass is 9.77. The number of fused-ring (bicyclic) bond motifs is 1. The zero-order valence-electron chi connectivity index (χ0n) is 18.3. The third-order valence-corrected chi connectivity index (χ3v) is 6.15. The van der Waals surface area contributed by atoms with E-state index in [0.717, 1.165) is 10.8 Å². The Hall–Kier alpha value is -3.67. The van der Waals surface area contributed by atoms with Crippen LogP contribution in [0.25, 0.3) is 10.8 Å². The molecule has 3 atom stereocenters. The Morgan fingerprint density at radius 3 is 2.31 bits per heavy atom. The van der Waals surface area contributed by atoms with Crippen LogP contribution in [0.4, 0.5) is 0 Å². The van der Waals surface area contributed by atoms with Crippen molar-refractivity contribution in [2.75, 3.05) is 0 Å². The summed E-state index contributed by atoms with van der Waals surface area (Å²) in [5.74, 6) is -1.95. The first kappa shape index (κ1) is 21.6. The number of aliphatic carboxylic acids is 1. The van der Waals surface area contributed by atoms with Crippen LogP contribution >= 0.6 is 0 Å². The van der Waals surface area contributed by atoms with E-state index in [9.17, 15) is 14.7 Å². The molecule has 32 heavy (non-hydrogen) atoms. The lowest BCUT2D eigenvalue weighted by Gasteiger charge is -2.30. The number of amides is 1. The summed E-state index contributed by atoms with van der Waals surface area (Å²) in [4.78, 5) is 31.1. The van der Waals surface area contributed by atoms with Crippen LogP contribution in [-0.2, 0) is 15.2 Å². The molecule has 1 aliphatic heterocycles. The molecule has 3 aromatic rings. The normalized spacial score (nSPS) is 21.1. The van der Waals surface area contributed by atoms with E-state index in [-0.39, 0.29) is 11.8 Å². The fraction of sp³-hybridized carbons (Fsp3) is 0.269. The fourth-order valence-electron chi connectivity index (χ4n) is 4.29. The fourth-order valence-corrected chi connectivity index (χ4v) is 4.29. The Morgan fingerprint density at radius 2 is 1.66 bits per heavy atom. The van der Waals surface area contributed by atoms with Gasteiger partial charge in [0.1, 0.15) is 0 Å². The van der Waals surface area contributed by atoms with Crippen molar-refractivity contribution in [3.63, 3.8) is 0 Å². The number of carboxylic acid groups (broad SMARTS) is 1. The predicted octanol–water partition coefficient (Wildman–Crippen LogP) is 4.60. The van der Waals surface area contributed by atoms with Gasteiger partial charge in [0.05, 0.1) is 17.7 Å². The van der Waals surface area contributed by atoms with E-state index in [0.29, 0.717) is 16.8 Å². The maximum absolute atomic E-state index is 13.1. The minimum Gasteiger partial charge on any atom is -0.478 e. The highest BCUT2D eigenvalue weighted by molar-refractivity contribution is 6.04. The van der Waals surface area contributed by atoms with Gasteiger partial charge >= 0.3 is 5.97 Å². The topological polar surface area (TPSA) is 88.0 Å². The summed E-state index contributed by atoms with van der Waals surface area (Å²) in [6.07, 6.45) is 0. The Morgan fingerprint density at radius 1 is 1.00 bits per heavy atom. The minimum absolute atomic E-state index is 0.0235. The highest BCUT2D eigenvalue weighted by Gasteiger charge is 2.56. The van der Waals surface area contributed by atoms with Crippen molar-refractivity contribution in [1.82, 2.24) is 5.32 Å². The predicted molar refractivity (Wildman–Crippen MR) is 123 cm³/mol. The van der Waals surface area contributed by atoms with Crippen LogP contribution in [0.5, 0.6) is 0 Å². The van der Waals surface area contributed by atoms with Crippen molar-refractivity contribution in [3.8, 4) is 0 Å². The summed E-state index contributed by atoms with van der Waals surface area (Å²) in [5.41, 5.74) is -0.0613. The van der Waals surface area contributed by atoms with Gasteiger partial charge in [0.15, 0.2) is 0 Å². The van der Waals surface area contributed by atoms with Crippen LogP contribution in [0.1, 0.15) is 36.7 Å². The monoisotopic (exact) mass is 430 g/mol. The van der Waals surface area contributed by atoms with E-state index in [2.05, 4.69) is 10.5 Å². The lowest BCUT2D eigenvalue weighted by molar-refractivity contribution is -0.168. The quantitative estimate of drug-likeness (QED) is 0.598. The van der Waals surface area contributed by atoms with Gasteiger partial charge in [-0.05, 0) is 28.8 Å². The van der Waals surface area contributed by atoms with Gasteiger partial charge in [0, 0.05) is 11.1 Å². The Kier molecular flexibility index (Phi) is 5.70. The molecule has 1 heterocycles. The second-order valence-corrected chi connectivity index (χ2v) is 8.49. The summed E-state index contributed by atoms with van der Waals surface area (Å²) in [5, 5.41) is 19.4. The molecule has 3 aromatic carbocycles. The Bertz CT molecular complexity index is 1190. The SMILES string of the molecule is CC(C)[C@H](NC(=O)c1ccc2ccccc2c1)C1=NOC(C(=O)O)(c2ccccc2)C1C. The van der Waals surface area contributed by atoms with Gasteiger partial charge in [-0.2, -0.15) is 0 Å². The maximum atomic E-state index is 13.1. The number of hydrogen-bond acceptors (Lipinski definition) is 4. The molecule has 0 aromatic heterocycles. The number of carboxylic acids is 1. The summed E-state index contributed by atoms with van der Waals surface area (Å²) >= 11 is 0. The van der Waals surface area contributed by atoms with Crippen molar-refractivity contribution >= 4 is 28.4 Å². The van der Waals surface area contributed by atoms with Gasteiger partial charge in [-0.3, -0.25) is 4.79 Å². The van der Waals surface area contributed by atoms with Gasteiger partial charge in [-0.1, -0.05) is 86.6 Å². The summed E-state index contributed by atoms with van der Waals surface area (Å²) in [6.45, 7) is 5.71. The lowest BCUT2D eigenvalue weighted by Crippen LogP contribution is -2.50. The first-order valence-corrected chi connectivity index (χ1v) is 10.7. The van der Waals surface area contributed by atoms with Gasteiger partial charge < -0.3 is 15.3 Å². The molecule has 0 spiro atoms. The molecule has 0 fully saturated rings. The second-order valence-electron chi connectivity index (χ2n) is 8.49. The zero-order valence-corrected chi connectivity index (χ0v) is 18.3. The molecule has 2 N–H and O–H groups in total. The number of carbonyl (C=O) groups excluding carboxylic acids is 1. The molecule has 164 valence electrons. The molecule has 0 radical (unpaired) electrons. The summed E-state index contributed by atoms with van der Waals surface area (Å²) in [7, 11) is 0. The van der Waals surface area contributed by atoms with Gasteiger partial charge in [-0.25, -0.2) is 4.79 Å². The second kappa shape index (κ2) is 8.46. The number of carbonyl (C=O) groups is 2. The molecule has 1 amide bonds. The van der Waals surface area contributed by atoms with Crippen LogP contribution in [0, 0.1) is 11.8 Å². The van der Waals surface area contributed by atoms with Crippen LogP contribution in [0.15, 0.2) is 78.0 Å². The maximum Gasteiger partial charge on any atom is 0.356 e. The van der Waals surface area contributed by atoms with E-state index in [4.69, 9.17) is 4.84 Å². The number of benzene rings is 3. The van der Waals surface area contributed by atoms with Crippen LogP contribution in [0.3, 0.4) is 0 Å². The smallest absolute Gasteiger partial charge is 0.356 e. The van der Waals surface area contributed by atoms with Crippen LogP contribution in [0.2, 0.25) is 0 Å². The van der Waals surface area contributed by atoms with E-state index in [1.54, 1.807) is 37.3 Å². The first-order chi connectivity index (χ1) is 15.3. The van der Waals surface area contributed by atoms with Crippen molar-refractivity contribution in [1.29, 1.82) is 0 Å². The first-order valence-electron chi connectivity index (χ1n) is 10.7. The summed E-state index contributed by atoms with van der Waals surface area (Å²) in [6, 6.07) is 21.7. The summed E-state index contributed by atoms with van der Waals surface area (Å²) < 4.78 is 0. The zero-order chi connectivity index (χ0) is 22.9. The van der Waals surface area contributed by atoms with Gasteiger partial charge in [0.2, 0.25) is 0 Å². The number of hydrogen-bond donors (Lipinski definition) is 2. The van der Waals surface area contributed by atoms with Crippen molar-refractivity contribution < 1.29 is 19.5 Å². The molecule has 6 nitrogen and oxygen atoms in total. The Balaban J connectivity index is 1.62. The molecule has 1 aliphatic rings. The van der Waals surface area contributed by atoms with E-state index >= 15 is 0 Å². The molecule has 0 saturated carbocycles. The van der Waals surface area contributed by atoms with Crippen molar-refractivity contribution in [3.05, 3.63) is 83.9 Å². The molecule has 0 saturated heterocycles. The number of nitrogens with zero attached hydrogens (tertiary/aromatic N) is 1. The number of rotatable bonds is 6. The van der Waals surface area contributed by atoms with Crippen LogP contribution in [-0.4, -0.2) is 28.7 Å². The van der Waals surface area contributed by atoms with Gasteiger partial charge in [0.25, 0.3) is 11.5 Å². The number of nitrogens with one attached hydrogen (secondary N) is 1. The number of oxime groups is 1. The highest BCUT2D eigenvalue weighted by Crippen LogP contribution is 2.41. The Labute approximate surface area is 186 Å². The standard InChI is InChI=1S/C26H26N2O4/c1-16(2)22(27-24(29)20-14-13-18-9-7-8-10-19(18)15-20)23-17(3)26(25(30)31,32-28-23)21-11-5-4-6-12-21/h4-17,22H,1-3H3,(H,27,29)(H,30,31)/t17?,22-,26?/m0/s1. The molecular weight excluding hydrogens is 404 g/mol. The van der Waals surface area contributed by atoms with Crippen LogP contribution < -0.4 is 5.32 Å². The molecule has 6 heteroatoms. The third kappa shape index (κ3) is 3.62. The molecule has 2 unspecified atom stereocenters. The third-order valence-electron chi connectivity index (χ3n) is 6.15. The average Bonchev–Trinajstić information content (AvgIpc) is 3.15. The molecule has 4 rings (SSSR count). The van der Waals surface area contributed by atoms with Gasteiger partial charge in [-0.15, -0.1) is 0 Å². The molecular formula is C26H26N2O4. The minimum atomic E-state index is -1.63. The van der Waals surface area contributed by atoms with Crippen molar-refractivity contribution in [2.45, 2.75) is 32.4 Å². The highest BCUT2D eigenvalue weighted by atomic mass is 16.7. The average molecular weight is 431 g/mol. The van der Waals surface area contributed by atoms with Crippen molar-refractivity contribution in [2.24, 2.45) is 17.0 Å². The molecule has 0 aliphatic carbocycles. The largest absolute Gasteiger partial charge is 0.478 e. The van der Waals surface area contributed by atoms with E-state index < -0.39 is 23.5 Å².